The fourth-order valence-corrected chi connectivity index (χ4v) is 3.19. The summed E-state index contributed by atoms with van der Waals surface area (Å²) in [7, 11) is 1.89. The first-order chi connectivity index (χ1) is 9.65. The van der Waals surface area contributed by atoms with Crippen LogP contribution in [0.2, 0.25) is 0 Å². The Morgan fingerprint density at radius 1 is 1.70 bits per heavy atom. The molecule has 0 radical (unpaired) electrons. The lowest BCUT2D eigenvalue weighted by Crippen LogP contribution is -2.45. The molecule has 1 aliphatic heterocycles. The van der Waals surface area contributed by atoms with Crippen molar-refractivity contribution >= 4 is 17.7 Å². The van der Waals surface area contributed by atoms with E-state index in [1.807, 2.05) is 32.6 Å². The van der Waals surface area contributed by atoms with Gasteiger partial charge in [0.05, 0.1) is 17.5 Å². The molecule has 2 rings (SSSR count). The zero-order valence-electron chi connectivity index (χ0n) is 12.3. The third-order valence-electron chi connectivity index (χ3n) is 3.65. The van der Waals surface area contributed by atoms with Crippen LogP contribution < -0.4 is 5.32 Å². The molecule has 1 saturated heterocycles. The summed E-state index contributed by atoms with van der Waals surface area (Å²) < 4.78 is 7.63. The summed E-state index contributed by atoms with van der Waals surface area (Å²) >= 11 is 1.60. The maximum atomic E-state index is 12.2. The van der Waals surface area contributed by atoms with Gasteiger partial charge in [-0.25, -0.2) is 0 Å². The standard InChI is InChI=1S/C14H23N3O2S/c1-4-12(20-3)14(18)16-11-6-5-7-19-13(11)10-8-15-17(2)9-10/h8-9,11-13H,4-7H2,1-3H3,(H,16,18)/t11-,12+,13+/m0/s1. The molecule has 1 amide bonds. The number of ether oxygens (including phenoxy) is 1. The predicted molar refractivity (Wildman–Crippen MR) is 80.7 cm³/mol. The van der Waals surface area contributed by atoms with E-state index in [0.717, 1.165) is 31.4 Å². The second-order valence-corrected chi connectivity index (χ2v) is 6.17. The van der Waals surface area contributed by atoms with Crippen LogP contribution in [0.3, 0.4) is 0 Å². The lowest BCUT2D eigenvalue weighted by Gasteiger charge is -2.32. The van der Waals surface area contributed by atoms with Crippen molar-refractivity contribution in [3.8, 4) is 0 Å². The number of thioether (sulfide) groups is 1. The number of amides is 1. The molecule has 112 valence electrons. The Morgan fingerprint density at radius 2 is 2.50 bits per heavy atom. The summed E-state index contributed by atoms with van der Waals surface area (Å²) in [5.74, 6) is 0.115. The molecular formula is C14H23N3O2S. The number of nitrogens with zero attached hydrogens (tertiary/aromatic N) is 2. The van der Waals surface area contributed by atoms with E-state index in [4.69, 9.17) is 4.74 Å². The van der Waals surface area contributed by atoms with Crippen molar-refractivity contribution in [1.82, 2.24) is 15.1 Å². The van der Waals surface area contributed by atoms with E-state index in [0.29, 0.717) is 0 Å². The quantitative estimate of drug-likeness (QED) is 0.902. The number of carbonyl (C=O) groups is 1. The molecule has 0 saturated carbocycles. The molecule has 1 N–H and O–H groups in total. The van der Waals surface area contributed by atoms with Crippen molar-refractivity contribution in [2.75, 3.05) is 12.9 Å². The SMILES string of the molecule is CC[C@@H](SC)C(=O)N[C@H]1CCCO[C@@H]1c1cnn(C)c1. The molecular weight excluding hydrogens is 274 g/mol. The fraction of sp³-hybridized carbons (Fsp3) is 0.714. The van der Waals surface area contributed by atoms with E-state index in [2.05, 4.69) is 10.4 Å². The normalized spacial score (nSPS) is 24.4. The zero-order valence-corrected chi connectivity index (χ0v) is 13.2. The first-order valence-corrected chi connectivity index (χ1v) is 8.37. The molecule has 0 aromatic carbocycles. The lowest BCUT2D eigenvalue weighted by atomic mass is 9.98. The molecule has 5 nitrogen and oxygen atoms in total. The molecule has 2 heterocycles. The van der Waals surface area contributed by atoms with Crippen LogP contribution in [0.25, 0.3) is 0 Å². The Labute approximate surface area is 124 Å². The van der Waals surface area contributed by atoms with Crippen molar-refractivity contribution in [2.45, 2.75) is 43.6 Å². The Kier molecular flexibility index (Phi) is 5.48. The maximum absolute atomic E-state index is 12.2. The van der Waals surface area contributed by atoms with E-state index in [1.165, 1.54) is 0 Å². The Morgan fingerprint density at radius 3 is 3.10 bits per heavy atom. The van der Waals surface area contributed by atoms with Gasteiger partial charge < -0.3 is 10.1 Å². The summed E-state index contributed by atoms with van der Waals surface area (Å²) in [5.41, 5.74) is 1.04. The van der Waals surface area contributed by atoms with E-state index in [1.54, 1.807) is 16.4 Å². The van der Waals surface area contributed by atoms with Gasteiger partial charge >= 0.3 is 0 Å². The zero-order chi connectivity index (χ0) is 14.5. The van der Waals surface area contributed by atoms with E-state index in [9.17, 15) is 4.79 Å². The summed E-state index contributed by atoms with van der Waals surface area (Å²) in [4.78, 5) is 12.2. The highest BCUT2D eigenvalue weighted by Gasteiger charge is 2.31. The third-order valence-corrected chi connectivity index (χ3v) is 4.77. The van der Waals surface area contributed by atoms with Gasteiger partial charge in [0, 0.05) is 25.4 Å². The van der Waals surface area contributed by atoms with Crippen LogP contribution in [0, 0.1) is 0 Å². The van der Waals surface area contributed by atoms with Gasteiger partial charge in [-0.15, -0.1) is 0 Å². The summed E-state index contributed by atoms with van der Waals surface area (Å²) in [6, 6.07) is 0.0432. The first-order valence-electron chi connectivity index (χ1n) is 7.09. The van der Waals surface area contributed by atoms with E-state index >= 15 is 0 Å². The number of hydrogen-bond acceptors (Lipinski definition) is 4. The minimum Gasteiger partial charge on any atom is -0.371 e. The van der Waals surface area contributed by atoms with Crippen LogP contribution >= 0.6 is 11.8 Å². The van der Waals surface area contributed by atoms with Crippen molar-refractivity contribution in [3.63, 3.8) is 0 Å². The summed E-state index contributed by atoms with van der Waals surface area (Å²) in [5, 5.41) is 7.37. The molecule has 1 aliphatic rings. The van der Waals surface area contributed by atoms with Crippen molar-refractivity contribution in [1.29, 1.82) is 0 Å². The van der Waals surface area contributed by atoms with Crippen LogP contribution in [0.4, 0.5) is 0 Å². The van der Waals surface area contributed by atoms with Gasteiger partial charge in [-0.3, -0.25) is 9.48 Å². The number of rotatable bonds is 5. The molecule has 6 heteroatoms. The number of aromatic nitrogens is 2. The number of aryl methyl sites for hydroxylation is 1. The average Bonchev–Trinajstić information content (AvgIpc) is 2.87. The van der Waals surface area contributed by atoms with Crippen LogP contribution in [0.1, 0.15) is 37.9 Å². The van der Waals surface area contributed by atoms with Crippen LogP contribution in [0.15, 0.2) is 12.4 Å². The molecule has 3 atom stereocenters. The molecule has 0 bridgehead atoms. The highest BCUT2D eigenvalue weighted by Crippen LogP contribution is 2.28. The Hall–Kier alpha value is -1.01. The Balaban J connectivity index is 2.05. The summed E-state index contributed by atoms with van der Waals surface area (Å²) in [6.45, 7) is 2.78. The van der Waals surface area contributed by atoms with Gasteiger partial charge in [-0.1, -0.05) is 6.92 Å². The van der Waals surface area contributed by atoms with Crippen LogP contribution in [-0.2, 0) is 16.6 Å². The smallest absolute Gasteiger partial charge is 0.233 e. The third kappa shape index (κ3) is 3.55. The van der Waals surface area contributed by atoms with Gasteiger partial charge in [-0.05, 0) is 25.5 Å². The molecule has 20 heavy (non-hydrogen) atoms. The highest BCUT2D eigenvalue weighted by molar-refractivity contribution is 7.99. The average molecular weight is 297 g/mol. The molecule has 0 unspecified atom stereocenters. The number of nitrogens with one attached hydrogen (secondary N) is 1. The second kappa shape index (κ2) is 7.13. The maximum Gasteiger partial charge on any atom is 0.233 e. The van der Waals surface area contributed by atoms with Gasteiger partial charge in [0.25, 0.3) is 0 Å². The minimum atomic E-state index is -0.0826. The van der Waals surface area contributed by atoms with Gasteiger partial charge in [-0.2, -0.15) is 16.9 Å². The van der Waals surface area contributed by atoms with E-state index < -0.39 is 0 Å². The van der Waals surface area contributed by atoms with Gasteiger partial charge in [0.15, 0.2) is 0 Å². The number of carbonyl (C=O) groups excluding carboxylic acids is 1. The molecule has 1 fully saturated rings. The lowest BCUT2D eigenvalue weighted by molar-refractivity contribution is -0.123. The van der Waals surface area contributed by atoms with Crippen molar-refractivity contribution in [3.05, 3.63) is 18.0 Å². The van der Waals surface area contributed by atoms with Crippen LogP contribution in [0.5, 0.6) is 0 Å². The second-order valence-electron chi connectivity index (χ2n) is 5.13. The predicted octanol–water partition coefficient (Wildman–Crippen LogP) is 1.90. The van der Waals surface area contributed by atoms with E-state index in [-0.39, 0.29) is 23.3 Å². The largest absolute Gasteiger partial charge is 0.371 e. The fourth-order valence-electron chi connectivity index (χ4n) is 2.58. The Bertz CT molecular complexity index is 445. The topological polar surface area (TPSA) is 56.1 Å². The molecule has 1 aromatic heterocycles. The molecule has 0 spiro atoms. The van der Waals surface area contributed by atoms with Crippen molar-refractivity contribution < 1.29 is 9.53 Å². The van der Waals surface area contributed by atoms with Gasteiger partial charge in [0.1, 0.15) is 6.10 Å². The van der Waals surface area contributed by atoms with Crippen LogP contribution in [-0.4, -0.2) is 39.8 Å². The summed E-state index contributed by atoms with van der Waals surface area (Å²) in [6.07, 6.45) is 8.46. The molecule has 1 aromatic rings. The van der Waals surface area contributed by atoms with Crippen molar-refractivity contribution in [2.24, 2.45) is 7.05 Å². The minimum absolute atomic E-state index is 0.0199. The first kappa shape index (κ1) is 15.4. The highest BCUT2D eigenvalue weighted by atomic mass is 32.2. The number of hydrogen-bond donors (Lipinski definition) is 1. The monoisotopic (exact) mass is 297 g/mol. The van der Waals surface area contributed by atoms with Gasteiger partial charge in [0.2, 0.25) is 5.91 Å². The molecule has 0 aliphatic carbocycles.